The van der Waals surface area contributed by atoms with Crippen LogP contribution in [0.4, 0.5) is 0 Å². The zero-order chi connectivity index (χ0) is 20.6. The molecule has 0 aliphatic heterocycles. The van der Waals surface area contributed by atoms with Gasteiger partial charge < -0.3 is 4.74 Å². The molecule has 0 N–H and O–H groups in total. The molecule has 0 saturated heterocycles. The van der Waals surface area contributed by atoms with Gasteiger partial charge in [0.25, 0.3) is 10.0 Å². The van der Waals surface area contributed by atoms with E-state index in [0.29, 0.717) is 27.1 Å². The van der Waals surface area contributed by atoms with Gasteiger partial charge in [0.15, 0.2) is 0 Å². The van der Waals surface area contributed by atoms with Gasteiger partial charge in [0.2, 0.25) is 0 Å². The van der Waals surface area contributed by atoms with Crippen molar-refractivity contribution < 1.29 is 17.9 Å². The highest BCUT2D eigenvalue weighted by molar-refractivity contribution is 7.90. The standard InChI is InChI=1S/C21H17ClN2O4S/c1-28-20(25)10-8-17-13-15-12-16(22)7-9-18(15)24(17)29(26,27)19-6-2-4-14-5-3-11-23-21(14)19/h2-7,9,11-13H,8,10H2,1H3. The number of benzene rings is 2. The lowest BCUT2D eigenvalue weighted by Gasteiger charge is -2.13. The Morgan fingerprint density at radius 3 is 2.69 bits per heavy atom. The lowest BCUT2D eigenvalue weighted by atomic mass is 10.2. The fourth-order valence-corrected chi connectivity index (χ4v) is 5.31. The predicted octanol–water partition coefficient (Wildman–Crippen LogP) is 4.19. The van der Waals surface area contributed by atoms with Crippen molar-refractivity contribution in [2.24, 2.45) is 0 Å². The normalized spacial score (nSPS) is 11.8. The Morgan fingerprint density at radius 2 is 1.90 bits per heavy atom. The number of rotatable bonds is 5. The van der Waals surface area contributed by atoms with Gasteiger partial charge in [0.05, 0.1) is 24.6 Å². The number of ether oxygens (including phenoxy) is 1. The van der Waals surface area contributed by atoms with Crippen LogP contribution in [0.2, 0.25) is 5.02 Å². The minimum atomic E-state index is -3.99. The fourth-order valence-electron chi connectivity index (χ4n) is 3.39. The summed E-state index contributed by atoms with van der Waals surface area (Å²) in [6.07, 6.45) is 1.83. The number of aryl methyl sites for hydroxylation is 1. The Morgan fingerprint density at radius 1 is 1.10 bits per heavy atom. The van der Waals surface area contributed by atoms with E-state index >= 15 is 0 Å². The molecular weight excluding hydrogens is 412 g/mol. The first kappa shape index (κ1) is 19.4. The van der Waals surface area contributed by atoms with Crippen molar-refractivity contribution in [3.8, 4) is 0 Å². The smallest absolute Gasteiger partial charge is 0.305 e. The summed E-state index contributed by atoms with van der Waals surface area (Å²) >= 11 is 6.10. The van der Waals surface area contributed by atoms with Crippen LogP contribution in [0.15, 0.2) is 65.7 Å². The first-order valence-corrected chi connectivity index (χ1v) is 10.7. The number of fused-ring (bicyclic) bond motifs is 2. The van der Waals surface area contributed by atoms with Gasteiger partial charge in [0.1, 0.15) is 4.90 Å². The van der Waals surface area contributed by atoms with E-state index < -0.39 is 16.0 Å². The summed E-state index contributed by atoms with van der Waals surface area (Å²) in [5.41, 5.74) is 1.35. The number of carbonyl (C=O) groups is 1. The van der Waals surface area contributed by atoms with E-state index in [0.717, 1.165) is 5.39 Å². The molecule has 0 unspecified atom stereocenters. The van der Waals surface area contributed by atoms with Gasteiger partial charge in [-0.15, -0.1) is 0 Å². The highest BCUT2D eigenvalue weighted by atomic mass is 35.5. The molecule has 0 fully saturated rings. The average Bonchev–Trinajstić information content (AvgIpc) is 3.09. The van der Waals surface area contributed by atoms with Gasteiger partial charge in [-0.2, -0.15) is 0 Å². The molecule has 0 amide bonds. The molecule has 0 bridgehead atoms. The van der Waals surface area contributed by atoms with Crippen LogP contribution in [0.25, 0.3) is 21.8 Å². The largest absolute Gasteiger partial charge is 0.469 e. The second-order valence-corrected chi connectivity index (χ2v) is 8.71. The fraction of sp³-hybridized carbons (Fsp3) is 0.143. The quantitative estimate of drug-likeness (QED) is 0.445. The third kappa shape index (κ3) is 3.47. The molecule has 6 nitrogen and oxygen atoms in total. The minimum absolute atomic E-state index is 0.0594. The molecule has 0 aliphatic rings. The molecule has 2 heterocycles. The third-order valence-electron chi connectivity index (χ3n) is 4.72. The van der Waals surface area contributed by atoms with Crippen molar-refractivity contribution >= 4 is 49.4 Å². The van der Waals surface area contributed by atoms with Crippen LogP contribution in [-0.2, 0) is 26.0 Å². The zero-order valence-electron chi connectivity index (χ0n) is 15.5. The molecule has 4 rings (SSSR count). The first-order valence-electron chi connectivity index (χ1n) is 8.88. The zero-order valence-corrected chi connectivity index (χ0v) is 17.1. The molecule has 0 spiro atoms. The molecule has 4 aromatic rings. The van der Waals surface area contributed by atoms with E-state index in [-0.39, 0.29) is 17.7 Å². The maximum absolute atomic E-state index is 13.7. The van der Waals surface area contributed by atoms with Crippen molar-refractivity contribution in [1.82, 2.24) is 8.96 Å². The summed E-state index contributed by atoms with van der Waals surface area (Å²) in [6, 6.07) is 15.3. The Balaban J connectivity index is 1.96. The Hall–Kier alpha value is -2.90. The van der Waals surface area contributed by atoms with Crippen LogP contribution >= 0.6 is 11.6 Å². The van der Waals surface area contributed by atoms with Crippen LogP contribution < -0.4 is 0 Å². The van der Waals surface area contributed by atoms with Crippen molar-refractivity contribution in [3.05, 3.63) is 71.5 Å². The summed E-state index contributed by atoms with van der Waals surface area (Å²) in [5.74, 6) is -0.413. The van der Waals surface area contributed by atoms with E-state index in [1.165, 1.54) is 17.1 Å². The van der Waals surface area contributed by atoms with Crippen LogP contribution in [0.3, 0.4) is 0 Å². The maximum Gasteiger partial charge on any atom is 0.305 e. The van der Waals surface area contributed by atoms with Gasteiger partial charge in [-0.1, -0.05) is 29.8 Å². The summed E-state index contributed by atoms with van der Waals surface area (Å²) in [4.78, 5) is 16.0. The molecule has 2 aromatic carbocycles. The summed E-state index contributed by atoms with van der Waals surface area (Å²) in [6.45, 7) is 0. The monoisotopic (exact) mass is 428 g/mol. The molecule has 29 heavy (non-hydrogen) atoms. The van der Waals surface area contributed by atoms with Crippen molar-refractivity contribution in [2.45, 2.75) is 17.7 Å². The highest BCUT2D eigenvalue weighted by Crippen LogP contribution is 2.31. The van der Waals surface area contributed by atoms with Crippen molar-refractivity contribution in [3.63, 3.8) is 0 Å². The lowest BCUT2D eigenvalue weighted by molar-refractivity contribution is -0.140. The number of carbonyl (C=O) groups excluding carboxylic acids is 1. The number of halogens is 1. The number of para-hydroxylation sites is 1. The number of methoxy groups -OCH3 is 1. The summed E-state index contributed by atoms with van der Waals surface area (Å²) < 4.78 is 33.4. The maximum atomic E-state index is 13.7. The molecule has 0 atom stereocenters. The van der Waals surface area contributed by atoms with E-state index in [9.17, 15) is 13.2 Å². The Bertz CT molecular complexity index is 1340. The number of esters is 1. The van der Waals surface area contributed by atoms with Crippen LogP contribution in [0, 0.1) is 0 Å². The number of hydrogen-bond donors (Lipinski definition) is 0. The van der Waals surface area contributed by atoms with Gasteiger partial charge in [-0.3, -0.25) is 9.78 Å². The second kappa shape index (κ2) is 7.50. The molecule has 0 saturated carbocycles. The molecule has 148 valence electrons. The Labute approximate surface area is 172 Å². The van der Waals surface area contributed by atoms with Gasteiger partial charge in [0, 0.05) is 27.7 Å². The van der Waals surface area contributed by atoms with E-state index in [1.807, 2.05) is 12.1 Å². The molecule has 8 heteroatoms. The third-order valence-corrected chi connectivity index (χ3v) is 6.75. The minimum Gasteiger partial charge on any atom is -0.469 e. The molecule has 0 radical (unpaired) electrons. The van der Waals surface area contributed by atoms with E-state index in [1.54, 1.807) is 42.6 Å². The van der Waals surface area contributed by atoms with Gasteiger partial charge >= 0.3 is 5.97 Å². The predicted molar refractivity (Wildman–Crippen MR) is 112 cm³/mol. The average molecular weight is 429 g/mol. The van der Waals surface area contributed by atoms with Crippen molar-refractivity contribution in [2.75, 3.05) is 7.11 Å². The number of aromatic nitrogens is 2. The van der Waals surface area contributed by atoms with Crippen LogP contribution in [-0.4, -0.2) is 30.5 Å². The van der Waals surface area contributed by atoms with Crippen LogP contribution in [0.5, 0.6) is 0 Å². The first-order chi connectivity index (χ1) is 13.9. The number of hydrogen-bond acceptors (Lipinski definition) is 5. The highest BCUT2D eigenvalue weighted by Gasteiger charge is 2.26. The van der Waals surface area contributed by atoms with Gasteiger partial charge in [-0.05, 0) is 42.8 Å². The topological polar surface area (TPSA) is 78.3 Å². The second-order valence-electron chi connectivity index (χ2n) is 6.52. The summed E-state index contributed by atoms with van der Waals surface area (Å²) in [5, 5.41) is 1.90. The lowest BCUT2D eigenvalue weighted by Crippen LogP contribution is -2.17. The van der Waals surface area contributed by atoms with E-state index in [2.05, 4.69) is 4.98 Å². The molecule has 2 aromatic heterocycles. The number of pyridine rings is 1. The van der Waals surface area contributed by atoms with Crippen LogP contribution in [0.1, 0.15) is 12.1 Å². The SMILES string of the molecule is COC(=O)CCc1cc2cc(Cl)ccc2n1S(=O)(=O)c1cccc2cccnc12. The molecule has 0 aliphatic carbocycles. The van der Waals surface area contributed by atoms with Crippen molar-refractivity contribution in [1.29, 1.82) is 0 Å². The van der Waals surface area contributed by atoms with E-state index in [4.69, 9.17) is 16.3 Å². The Kier molecular flexibility index (Phi) is 5.02. The molecular formula is C21H17ClN2O4S. The summed E-state index contributed by atoms with van der Waals surface area (Å²) in [7, 11) is -2.69. The number of nitrogens with zero attached hydrogens (tertiary/aromatic N) is 2. The van der Waals surface area contributed by atoms with Gasteiger partial charge in [-0.25, -0.2) is 12.4 Å².